The molecule has 31 heavy (non-hydrogen) atoms. The molecule has 2 N–H and O–H groups in total. The maximum atomic E-state index is 13.2. The van der Waals surface area contributed by atoms with Crippen LogP contribution in [0.2, 0.25) is 0 Å². The summed E-state index contributed by atoms with van der Waals surface area (Å²) in [6, 6.07) is 4.64. The van der Waals surface area contributed by atoms with E-state index < -0.39 is 17.5 Å². The first kappa shape index (κ1) is 20.2. The molecule has 4 atom stereocenters. The largest absolute Gasteiger partial charge is 0.454 e. The minimum absolute atomic E-state index is 0.0333. The molecule has 0 aromatic heterocycles. The Morgan fingerprint density at radius 2 is 1.94 bits per heavy atom. The van der Waals surface area contributed by atoms with Crippen LogP contribution >= 0.6 is 0 Å². The number of carbonyl (C=O) groups excluding carboxylic acids is 3. The highest BCUT2D eigenvalue weighted by Crippen LogP contribution is 2.65. The minimum Gasteiger partial charge on any atom is -0.454 e. The van der Waals surface area contributed by atoms with Crippen LogP contribution in [-0.4, -0.2) is 42.1 Å². The van der Waals surface area contributed by atoms with Crippen LogP contribution in [0.3, 0.4) is 0 Å². The summed E-state index contributed by atoms with van der Waals surface area (Å²) in [5.74, 6) is 0.972. The Bertz CT molecular complexity index is 991. The molecule has 2 aliphatic heterocycles. The Balaban J connectivity index is 1.30. The number of nitrogens with one attached hydrogen (secondary N) is 2. The summed E-state index contributed by atoms with van der Waals surface area (Å²) in [6.07, 6.45) is 3.22. The molecule has 0 unspecified atom stereocenters. The normalized spacial score (nSPS) is 34.9. The second kappa shape index (κ2) is 6.37. The number of carbonyl (C=O) groups is 3. The highest BCUT2D eigenvalue weighted by atomic mass is 16.7. The zero-order chi connectivity index (χ0) is 22.2. The van der Waals surface area contributed by atoms with Crippen molar-refractivity contribution in [2.45, 2.75) is 58.5 Å². The van der Waals surface area contributed by atoms with Gasteiger partial charge in [0.2, 0.25) is 12.7 Å². The van der Waals surface area contributed by atoms with Crippen molar-refractivity contribution in [2.75, 3.05) is 13.3 Å². The Morgan fingerprint density at radius 1 is 1.19 bits per heavy atom. The van der Waals surface area contributed by atoms with Crippen LogP contribution < -0.4 is 20.1 Å². The van der Waals surface area contributed by atoms with E-state index in [0.717, 1.165) is 17.7 Å². The fraction of sp³-hybridized carbons (Fsp3) is 0.609. The second-order valence-electron chi connectivity index (χ2n) is 10.2. The summed E-state index contributed by atoms with van der Waals surface area (Å²) in [4.78, 5) is 39.7. The van der Waals surface area contributed by atoms with Gasteiger partial charge in [-0.15, -0.1) is 0 Å². The molecule has 166 valence electrons. The molecule has 0 spiro atoms. The third-order valence-corrected chi connectivity index (χ3v) is 8.66. The van der Waals surface area contributed by atoms with E-state index in [4.69, 9.17) is 9.47 Å². The Labute approximate surface area is 181 Å². The molecular weight excluding hydrogens is 398 g/mol. The lowest BCUT2D eigenvalue weighted by atomic mass is 9.69. The molecule has 2 heterocycles. The average Bonchev–Trinajstić information content (AvgIpc) is 3.38. The Hall–Kier alpha value is -2.77. The van der Waals surface area contributed by atoms with E-state index >= 15 is 0 Å². The van der Waals surface area contributed by atoms with E-state index in [1.165, 1.54) is 6.42 Å². The number of amides is 4. The lowest BCUT2D eigenvalue weighted by Crippen LogP contribution is -2.50. The third-order valence-electron chi connectivity index (χ3n) is 8.66. The van der Waals surface area contributed by atoms with Crippen LogP contribution in [0.4, 0.5) is 4.79 Å². The number of urea groups is 1. The Kier molecular flexibility index (Phi) is 4.14. The quantitative estimate of drug-likeness (QED) is 0.720. The van der Waals surface area contributed by atoms with Crippen LogP contribution in [-0.2, 0) is 15.1 Å². The molecular formula is C23H29N3O5. The fourth-order valence-electron chi connectivity index (χ4n) is 6.05. The van der Waals surface area contributed by atoms with Crippen molar-refractivity contribution in [2.24, 2.45) is 16.7 Å². The lowest BCUT2D eigenvalue weighted by molar-refractivity contribution is -0.135. The maximum absolute atomic E-state index is 13.2. The molecule has 0 radical (unpaired) electrons. The topological polar surface area (TPSA) is 97.0 Å². The van der Waals surface area contributed by atoms with Gasteiger partial charge in [-0.2, -0.15) is 0 Å². The monoisotopic (exact) mass is 427 g/mol. The number of imide groups is 1. The van der Waals surface area contributed by atoms with Gasteiger partial charge >= 0.3 is 6.03 Å². The number of hydrogen-bond acceptors (Lipinski definition) is 5. The van der Waals surface area contributed by atoms with Gasteiger partial charge in [-0.1, -0.05) is 26.8 Å². The smallest absolute Gasteiger partial charge is 0.325 e. The van der Waals surface area contributed by atoms with Crippen molar-refractivity contribution in [3.05, 3.63) is 23.8 Å². The van der Waals surface area contributed by atoms with Crippen molar-refractivity contribution >= 4 is 17.8 Å². The maximum Gasteiger partial charge on any atom is 0.325 e. The van der Waals surface area contributed by atoms with E-state index in [1.54, 1.807) is 25.1 Å². The summed E-state index contributed by atoms with van der Waals surface area (Å²) in [5, 5.41) is 5.87. The molecule has 4 amide bonds. The number of hydrogen-bond donors (Lipinski definition) is 2. The molecule has 8 nitrogen and oxygen atoms in total. The first-order valence-electron chi connectivity index (χ1n) is 10.9. The number of nitrogens with zero attached hydrogens (tertiary/aromatic N) is 1. The van der Waals surface area contributed by atoms with Gasteiger partial charge in [0.1, 0.15) is 12.1 Å². The summed E-state index contributed by atoms with van der Waals surface area (Å²) >= 11 is 0. The lowest BCUT2D eigenvalue weighted by Gasteiger charge is -2.39. The Morgan fingerprint density at radius 3 is 2.61 bits per heavy atom. The molecule has 2 aliphatic carbocycles. The van der Waals surface area contributed by atoms with Gasteiger partial charge in [-0.3, -0.25) is 14.5 Å². The third kappa shape index (κ3) is 2.69. The van der Waals surface area contributed by atoms with Crippen molar-refractivity contribution in [1.82, 2.24) is 15.5 Å². The van der Waals surface area contributed by atoms with Crippen LogP contribution in [0, 0.1) is 16.7 Å². The van der Waals surface area contributed by atoms with Gasteiger partial charge < -0.3 is 20.1 Å². The number of benzene rings is 1. The standard InChI is InChI=1S/C23H29N3O5/c1-21(2)13-7-8-22(21,3)17(10-13)24-18(27)11-26-19(28)23(4,25-20(26)29)14-5-6-15-16(9-14)31-12-30-15/h5-6,9,13,17H,7-8,10-12H2,1-4H3,(H,24,27)(H,25,29)/t13-,17+,22-,23-/m1/s1. The van der Waals surface area contributed by atoms with Crippen molar-refractivity contribution in [1.29, 1.82) is 0 Å². The predicted molar refractivity (Wildman–Crippen MR) is 111 cm³/mol. The van der Waals surface area contributed by atoms with Gasteiger partial charge in [-0.25, -0.2) is 4.79 Å². The highest BCUT2D eigenvalue weighted by Gasteiger charge is 2.61. The molecule has 1 aromatic carbocycles. The number of fused-ring (bicyclic) bond motifs is 3. The molecule has 3 fully saturated rings. The van der Waals surface area contributed by atoms with E-state index in [2.05, 4.69) is 31.4 Å². The second-order valence-corrected chi connectivity index (χ2v) is 10.2. The van der Waals surface area contributed by atoms with Crippen molar-refractivity contribution in [3.63, 3.8) is 0 Å². The van der Waals surface area contributed by atoms with E-state index in [9.17, 15) is 14.4 Å². The van der Waals surface area contributed by atoms with Gasteiger partial charge in [0.15, 0.2) is 11.5 Å². The van der Waals surface area contributed by atoms with Crippen LogP contribution in [0.15, 0.2) is 18.2 Å². The van der Waals surface area contributed by atoms with Crippen LogP contribution in [0.1, 0.15) is 52.5 Å². The van der Waals surface area contributed by atoms with E-state index in [1.807, 2.05) is 0 Å². The first-order valence-corrected chi connectivity index (χ1v) is 10.9. The van der Waals surface area contributed by atoms with Gasteiger partial charge in [0.25, 0.3) is 5.91 Å². The number of rotatable bonds is 4. The molecule has 1 aromatic rings. The van der Waals surface area contributed by atoms with Gasteiger partial charge in [-0.05, 0) is 60.6 Å². The molecule has 1 saturated heterocycles. The fourth-order valence-corrected chi connectivity index (χ4v) is 6.05. The SMILES string of the molecule is CC1(C)[C@@H]2CC[C@]1(C)[C@@H](NC(=O)CN1C(=O)N[C@](C)(c3ccc4c(c3)OCO4)C1=O)C2. The summed E-state index contributed by atoms with van der Waals surface area (Å²) in [7, 11) is 0. The summed E-state index contributed by atoms with van der Waals surface area (Å²) in [5.41, 5.74) is -0.478. The van der Waals surface area contributed by atoms with Gasteiger partial charge in [0.05, 0.1) is 0 Å². The van der Waals surface area contributed by atoms with E-state index in [0.29, 0.717) is 23.0 Å². The van der Waals surface area contributed by atoms with Crippen LogP contribution in [0.5, 0.6) is 11.5 Å². The van der Waals surface area contributed by atoms with E-state index in [-0.39, 0.29) is 36.1 Å². The molecule has 2 bridgehead atoms. The predicted octanol–water partition coefficient (Wildman–Crippen LogP) is 2.51. The van der Waals surface area contributed by atoms with Crippen LogP contribution in [0.25, 0.3) is 0 Å². The minimum atomic E-state index is -1.27. The number of ether oxygens (including phenoxy) is 2. The molecule has 5 rings (SSSR count). The zero-order valence-corrected chi connectivity index (χ0v) is 18.4. The molecule has 8 heteroatoms. The molecule has 4 aliphatic rings. The zero-order valence-electron chi connectivity index (χ0n) is 18.4. The van der Waals surface area contributed by atoms with Crippen molar-refractivity contribution in [3.8, 4) is 11.5 Å². The first-order chi connectivity index (χ1) is 14.6. The average molecular weight is 428 g/mol. The van der Waals surface area contributed by atoms with Crippen molar-refractivity contribution < 1.29 is 23.9 Å². The summed E-state index contributed by atoms with van der Waals surface area (Å²) < 4.78 is 10.7. The molecule has 2 saturated carbocycles. The van der Waals surface area contributed by atoms with Gasteiger partial charge in [0, 0.05) is 6.04 Å². The summed E-state index contributed by atoms with van der Waals surface area (Å²) in [6.45, 7) is 8.29. The highest BCUT2D eigenvalue weighted by molar-refractivity contribution is 6.09.